The van der Waals surface area contributed by atoms with Gasteiger partial charge in [-0.25, -0.2) is 0 Å². The summed E-state index contributed by atoms with van der Waals surface area (Å²) in [4.78, 5) is 0. The molecule has 1 fully saturated rings. The van der Waals surface area contributed by atoms with Gasteiger partial charge in [-0.05, 0) is 38.5 Å². The maximum atomic E-state index is 3.74. The average Bonchev–Trinajstić information content (AvgIpc) is 3.05. The monoisotopic (exact) mass is 206 g/mol. The van der Waals surface area contributed by atoms with Crippen molar-refractivity contribution in [3.05, 3.63) is 24.3 Å². The first-order valence-electron chi connectivity index (χ1n) is 6.72. The van der Waals surface area contributed by atoms with Crippen LogP contribution in [-0.2, 0) is 0 Å². The second kappa shape index (κ2) is 8.76. The molecule has 0 nitrogen and oxygen atoms in total. The summed E-state index contributed by atoms with van der Waals surface area (Å²) in [6, 6.07) is 0. The van der Waals surface area contributed by atoms with Crippen LogP contribution in [0.2, 0.25) is 0 Å². The van der Waals surface area contributed by atoms with E-state index in [4.69, 9.17) is 0 Å². The van der Waals surface area contributed by atoms with Gasteiger partial charge in [0.25, 0.3) is 0 Å². The van der Waals surface area contributed by atoms with Gasteiger partial charge in [-0.3, -0.25) is 0 Å². The Morgan fingerprint density at radius 2 is 1.33 bits per heavy atom. The molecular weight excluding hydrogens is 180 g/mol. The second-order valence-electron chi connectivity index (χ2n) is 4.70. The molecule has 15 heavy (non-hydrogen) atoms. The lowest BCUT2D eigenvalue weighted by Gasteiger charge is -1.99. The first kappa shape index (κ1) is 12.5. The Morgan fingerprint density at radius 3 is 1.87 bits per heavy atom. The summed E-state index contributed by atoms with van der Waals surface area (Å²) < 4.78 is 0. The molecule has 1 rings (SSSR count). The van der Waals surface area contributed by atoms with Gasteiger partial charge in [-0.15, -0.1) is 6.58 Å². The zero-order valence-electron chi connectivity index (χ0n) is 10.1. The molecule has 0 amide bonds. The lowest BCUT2D eigenvalue weighted by molar-refractivity contribution is 0.583. The second-order valence-corrected chi connectivity index (χ2v) is 4.70. The van der Waals surface area contributed by atoms with Crippen LogP contribution in [0.4, 0.5) is 0 Å². The molecular formula is C15H26. The molecule has 0 aliphatic heterocycles. The van der Waals surface area contributed by atoms with E-state index >= 15 is 0 Å². The van der Waals surface area contributed by atoms with Gasteiger partial charge in [0.15, 0.2) is 0 Å². The summed E-state index contributed by atoms with van der Waals surface area (Å²) >= 11 is 0. The molecule has 0 heterocycles. The lowest BCUT2D eigenvalue weighted by Crippen LogP contribution is -1.80. The van der Waals surface area contributed by atoms with Gasteiger partial charge in [0, 0.05) is 0 Å². The van der Waals surface area contributed by atoms with Crippen molar-refractivity contribution in [2.45, 2.75) is 70.6 Å². The van der Waals surface area contributed by atoms with Crippen molar-refractivity contribution in [3.63, 3.8) is 0 Å². The van der Waals surface area contributed by atoms with Crippen molar-refractivity contribution in [2.75, 3.05) is 0 Å². The third kappa shape index (κ3) is 8.47. The van der Waals surface area contributed by atoms with Crippen LogP contribution < -0.4 is 0 Å². The summed E-state index contributed by atoms with van der Waals surface area (Å²) in [5.41, 5.74) is 1.71. The van der Waals surface area contributed by atoms with E-state index in [2.05, 4.69) is 12.7 Å². The van der Waals surface area contributed by atoms with Crippen LogP contribution in [0.3, 0.4) is 0 Å². The fourth-order valence-electron chi connectivity index (χ4n) is 1.90. The van der Waals surface area contributed by atoms with Crippen LogP contribution in [-0.4, -0.2) is 0 Å². The molecule has 0 N–H and O–H groups in total. The van der Waals surface area contributed by atoms with E-state index in [1.807, 2.05) is 6.08 Å². The van der Waals surface area contributed by atoms with Crippen molar-refractivity contribution in [1.82, 2.24) is 0 Å². The lowest BCUT2D eigenvalue weighted by atomic mass is 10.1. The zero-order valence-corrected chi connectivity index (χ0v) is 10.1. The fraction of sp³-hybridized carbons (Fsp3) is 0.733. The minimum Gasteiger partial charge on any atom is -0.103 e. The topological polar surface area (TPSA) is 0 Å². The molecule has 1 saturated carbocycles. The van der Waals surface area contributed by atoms with Crippen molar-refractivity contribution >= 4 is 0 Å². The van der Waals surface area contributed by atoms with Crippen molar-refractivity contribution < 1.29 is 0 Å². The Bertz CT molecular complexity index is 182. The SMILES string of the molecule is C=CCCCCCCCCCC=C1CC1. The van der Waals surface area contributed by atoms with E-state index < -0.39 is 0 Å². The predicted molar refractivity (Wildman–Crippen MR) is 69.1 cm³/mol. The Kier molecular flexibility index (Phi) is 7.33. The molecule has 0 saturated heterocycles. The average molecular weight is 206 g/mol. The van der Waals surface area contributed by atoms with E-state index in [0.717, 1.165) is 0 Å². The zero-order chi connectivity index (χ0) is 10.8. The largest absolute Gasteiger partial charge is 0.103 e. The van der Waals surface area contributed by atoms with Crippen molar-refractivity contribution in [1.29, 1.82) is 0 Å². The Labute approximate surface area is 95.5 Å². The molecule has 0 aromatic heterocycles. The van der Waals surface area contributed by atoms with Crippen LogP contribution in [0.1, 0.15) is 70.6 Å². The molecule has 0 aromatic rings. The smallest absolute Gasteiger partial charge is 0.0283 e. The Balaban J connectivity index is 1.69. The molecule has 0 spiro atoms. The van der Waals surface area contributed by atoms with Gasteiger partial charge in [-0.2, -0.15) is 0 Å². The third-order valence-electron chi connectivity index (χ3n) is 3.08. The summed E-state index contributed by atoms with van der Waals surface area (Å²) in [6.45, 7) is 3.74. The van der Waals surface area contributed by atoms with Crippen molar-refractivity contribution in [3.8, 4) is 0 Å². The fourth-order valence-corrected chi connectivity index (χ4v) is 1.90. The highest BCUT2D eigenvalue weighted by Gasteiger charge is 2.08. The number of hydrogen-bond acceptors (Lipinski definition) is 0. The van der Waals surface area contributed by atoms with Gasteiger partial charge in [-0.1, -0.05) is 49.8 Å². The highest BCUT2D eigenvalue weighted by molar-refractivity contribution is 5.15. The first-order valence-corrected chi connectivity index (χ1v) is 6.72. The van der Waals surface area contributed by atoms with Crippen LogP contribution in [0.5, 0.6) is 0 Å². The molecule has 1 aliphatic carbocycles. The van der Waals surface area contributed by atoms with E-state index in [1.165, 1.54) is 70.6 Å². The molecule has 0 atom stereocenters. The molecule has 1 aliphatic rings. The number of rotatable bonds is 10. The van der Waals surface area contributed by atoms with Gasteiger partial charge >= 0.3 is 0 Å². The first-order chi connectivity index (χ1) is 7.43. The maximum Gasteiger partial charge on any atom is -0.0283 e. The number of hydrogen-bond donors (Lipinski definition) is 0. The quantitative estimate of drug-likeness (QED) is 0.331. The van der Waals surface area contributed by atoms with E-state index in [-0.39, 0.29) is 0 Å². The minimum absolute atomic E-state index is 1.20. The Morgan fingerprint density at radius 1 is 0.800 bits per heavy atom. The minimum atomic E-state index is 1.20. The summed E-state index contributed by atoms with van der Waals surface area (Å²) in [5, 5.41) is 0. The molecule has 0 bridgehead atoms. The van der Waals surface area contributed by atoms with Gasteiger partial charge < -0.3 is 0 Å². The molecule has 0 aromatic carbocycles. The van der Waals surface area contributed by atoms with E-state index in [0.29, 0.717) is 0 Å². The van der Waals surface area contributed by atoms with Gasteiger partial charge in [0.1, 0.15) is 0 Å². The molecule has 86 valence electrons. The third-order valence-corrected chi connectivity index (χ3v) is 3.08. The Hall–Kier alpha value is -0.520. The highest BCUT2D eigenvalue weighted by Crippen LogP contribution is 2.28. The van der Waals surface area contributed by atoms with Crippen LogP contribution >= 0.6 is 0 Å². The van der Waals surface area contributed by atoms with Crippen LogP contribution in [0.15, 0.2) is 24.3 Å². The molecule has 0 radical (unpaired) electrons. The summed E-state index contributed by atoms with van der Waals surface area (Å²) in [5.74, 6) is 0. The van der Waals surface area contributed by atoms with Gasteiger partial charge in [0.2, 0.25) is 0 Å². The molecule has 0 heteroatoms. The normalized spacial score (nSPS) is 14.0. The van der Waals surface area contributed by atoms with Crippen LogP contribution in [0.25, 0.3) is 0 Å². The van der Waals surface area contributed by atoms with E-state index in [9.17, 15) is 0 Å². The standard InChI is InChI=1S/C15H26/c1-2-3-4-5-6-7-8-9-10-11-12-15-13-14-15/h2,12H,1,3-11,13-14H2. The predicted octanol–water partition coefficient (Wildman–Crippen LogP) is 5.40. The van der Waals surface area contributed by atoms with Gasteiger partial charge in [0.05, 0.1) is 0 Å². The van der Waals surface area contributed by atoms with E-state index in [1.54, 1.807) is 5.57 Å². The molecule has 0 unspecified atom stereocenters. The summed E-state index contributed by atoms with van der Waals surface area (Å²) in [6.07, 6.45) is 19.7. The number of unbranched alkanes of at least 4 members (excludes halogenated alkanes) is 8. The highest BCUT2D eigenvalue weighted by atomic mass is 14.1. The maximum absolute atomic E-state index is 3.74. The summed E-state index contributed by atoms with van der Waals surface area (Å²) in [7, 11) is 0. The number of allylic oxidation sites excluding steroid dienone is 3. The van der Waals surface area contributed by atoms with Crippen LogP contribution in [0, 0.1) is 0 Å². The van der Waals surface area contributed by atoms with Crippen molar-refractivity contribution in [2.24, 2.45) is 0 Å².